The quantitative estimate of drug-likeness (QED) is 0.870. The maximum atomic E-state index is 13.1. The molecule has 0 aliphatic carbocycles. The highest BCUT2D eigenvalue weighted by Gasteiger charge is 2.31. The summed E-state index contributed by atoms with van der Waals surface area (Å²) in [4.78, 5) is 2.38. The third kappa shape index (κ3) is 3.32. The number of phenolic OH excluding ortho intramolecular Hbond substituents is 1. The number of hydrogen-bond acceptors (Lipinski definition) is 2. The lowest BCUT2D eigenvalue weighted by molar-refractivity contribution is 0.0869. The Morgan fingerprint density at radius 3 is 2.35 bits per heavy atom. The van der Waals surface area contributed by atoms with Crippen LogP contribution in [0.25, 0.3) is 0 Å². The van der Waals surface area contributed by atoms with Gasteiger partial charge in [0.15, 0.2) is 0 Å². The lowest BCUT2D eigenvalue weighted by Gasteiger charge is -2.41. The molecule has 0 spiro atoms. The van der Waals surface area contributed by atoms with E-state index in [0.29, 0.717) is 5.41 Å². The first kappa shape index (κ1) is 15.3. The van der Waals surface area contributed by atoms with E-state index in [9.17, 15) is 9.50 Å². The Morgan fingerprint density at radius 2 is 1.85 bits per heavy atom. The topological polar surface area (TPSA) is 23.5 Å². The lowest BCUT2D eigenvalue weighted by Crippen LogP contribution is -2.39. The van der Waals surface area contributed by atoms with Gasteiger partial charge in [0.05, 0.1) is 0 Å². The lowest BCUT2D eigenvalue weighted by atomic mass is 9.75. The van der Waals surface area contributed by atoms with Crippen LogP contribution in [0, 0.1) is 17.2 Å². The van der Waals surface area contributed by atoms with Gasteiger partial charge in [-0.1, -0.05) is 26.8 Å². The zero-order valence-corrected chi connectivity index (χ0v) is 13.0. The molecule has 2 rings (SSSR count). The summed E-state index contributed by atoms with van der Waals surface area (Å²) in [6.45, 7) is 11.1. The number of likely N-dealkylation sites (tertiary alicyclic amines) is 1. The van der Waals surface area contributed by atoms with Gasteiger partial charge in [0.2, 0.25) is 0 Å². The van der Waals surface area contributed by atoms with Gasteiger partial charge >= 0.3 is 0 Å². The van der Waals surface area contributed by atoms with E-state index in [1.54, 1.807) is 6.07 Å². The molecule has 1 atom stereocenters. The van der Waals surface area contributed by atoms with Gasteiger partial charge in [0, 0.05) is 17.7 Å². The Labute approximate surface area is 121 Å². The van der Waals surface area contributed by atoms with Crippen LogP contribution < -0.4 is 0 Å². The Balaban J connectivity index is 2.03. The Kier molecular flexibility index (Phi) is 4.38. The van der Waals surface area contributed by atoms with Crippen LogP contribution >= 0.6 is 0 Å². The molecule has 0 saturated carbocycles. The summed E-state index contributed by atoms with van der Waals surface area (Å²) < 4.78 is 13.1. The van der Waals surface area contributed by atoms with Crippen molar-refractivity contribution in [3.05, 3.63) is 29.6 Å². The van der Waals surface area contributed by atoms with Crippen LogP contribution in [0.5, 0.6) is 5.75 Å². The highest BCUT2D eigenvalue weighted by molar-refractivity contribution is 5.35. The predicted octanol–water partition coefficient (Wildman–Crippen LogP) is 4.35. The zero-order chi connectivity index (χ0) is 14.9. The molecular formula is C17H26FNO. The number of piperidine rings is 1. The summed E-state index contributed by atoms with van der Waals surface area (Å²) in [5.41, 5.74) is 1.19. The number of nitrogens with zero attached hydrogens (tertiary/aromatic N) is 1. The molecule has 112 valence electrons. The standard InChI is InChI=1S/C17H26FNO/c1-12(15-6-5-14(18)11-16(15)20)19-9-7-13(8-10-19)17(2,3)4/h5-6,11-13,20H,7-10H2,1-4H3. The van der Waals surface area contributed by atoms with Gasteiger partial charge in [-0.05, 0) is 50.3 Å². The molecule has 1 heterocycles. The fourth-order valence-electron chi connectivity index (χ4n) is 3.22. The van der Waals surface area contributed by atoms with Crippen molar-refractivity contribution in [2.24, 2.45) is 11.3 Å². The number of phenols is 1. The minimum absolute atomic E-state index is 0.0652. The molecule has 1 fully saturated rings. The number of halogens is 1. The zero-order valence-electron chi connectivity index (χ0n) is 13.0. The summed E-state index contributed by atoms with van der Waals surface area (Å²) in [6.07, 6.45) is 2.38. The minimum Gasteiger partial charge on any atom is -0.508 e. The highest BCUT2D eigenvalue weighted by atomic mass is 19.1. The molecule has 0 bridgehead atoms. The average Bonchev–Trinajstić information content (AvgIpc) is 2.37. The van der Waals surface area contributed by atoms with Gasteiger partial charge in [0.1, 0.15) is 11.6 Å². The Hall–Kier alpha value is -1.09. The van der Waals surface area contributed by atoms with Crippen LogP contribution in [0.2, 0.25) is 0 Å². The van der Waals surface area contributed by atoms with Gasteiger partial charge in [-0.2, -0.15) is 0 Å². The molecule has 1 aromatic rings. The number of hydrogen-bond donors (Lipinski definition) is 1. The smallest absolute Gasteiger partial charge is 0.126 e. The van der Waals surface area contributed by atoms with Crippen molar-refractivity contribution in [2.45, 2.75) is 46.6 Å². The van der Waals surface area contributed by atoms with Gasteiger partial charge in [-0.15, -0.1) is 0 Å². The van der Waals surface area contributed by atoms with Crippen LogP contribution in [-0.4, -0.2) is 23.1 Å². The fourth-order valence-corrected chi connectivity index (χ4v) is 3.22. The molecular weight excluding hydrogens is 253 g/mol. The molecule has 1 aliphatic rings. The van der Waals surface area contributed by atoms with Crippen molar-refractivity contribution in [1.29, 1.82) is 0 Å². The molecule has 0 aromatic heterocycles. The minimum atomic E-state index is -0.384. The first-order valence-corrected chi connectivity index (χ1v) is 7.51. The van der Waals surface area contributed by atoms with E-state index in [1.165, 1.54) is 25.0 Å². The monoisotopic (exact) mass is 279 g/mol. The maximum absolute atomic E-state index is 13.1. The van der Waals surface area contributed by atoms with E-state index in [1.807, 2.05) is 0 Å². The molecule has 1 aromatic carbocycles. The first-order chi connectivity index (χ1) is 9.29. The van der Waals surface area contributed by atoms with Crippen LogP contribution in [-0.2, 0) is 0 Å². The summed E-state index contributed by atoms with van der Waals surface area (Å²) >= 11 is 0. The second kappa shape index (κ2) is 5.72. The normalized spacial score (nSPS) is 20.1. The van der Waals surface area contributed by atoms with Crippen molar-refractivity contribution < 1.29 is 9.50 Å². The third-order valence-electron chi connectivity index (χ3n) is 4.74. The van der Waals surface area contributed by atoms with Crippen LogP contribution in [0.15, 0.2) is 18.2 Å². The molecule has 1 saturated heterocycles. The van der Waals surface area contributed by atoms with Gasteiger partial charge in [0.25, 0.3) is 0 Å². The number of benzene rings is 1. The molecule has 1 unspecified atom stereocenters. The van der Waals surface area contributed by atoms with Crippen molar-refractivity contribution in [2.75, 3.05) is 13.1 Å². The molecule has 1 N–H and O–H groups in total. The van der Waals surface area contributed by atoms with Crippen LogP contribution in [0.4, 0.5) is 4.39 Å². The van der Waals surface area contributed by atoms with Crippen LogP contribution in [0.3, 0.4) is 0 Å². The van der Waals surface area contributed by atoms with Crippen molar-refractivity contribution in [1.82, 2.24) is 4.90 Å². The molecule has 0 radical (unpaired) electrons. The average molecular weight is 279 g/mol. The first-order valence-electron chi connectivity index (χ1n) is 7.51. The van der Waals surface area contributed by atoms with Gasteiger partial charge in [-0.3, -0.25) is 4.90 Å². The second-order valence-corrected chi connectivity index (χ2v) is 7.06. The summed E-state index contributed by atoms with van der Waals surface area (Å²) in [5.74, 6) is 0.438. The number of rotatable bonds is 2. The Bertz CT molecular complexity index is 459. The predicted molar refractivity (Wildman–Crippen MR) is 80.2 cm³/mol. The summed E-state index contributed by atoms with van der Waals surface area (Å²) in [6, 6.07) is 4.46. The SMILES string of the molecule is CC(c1ccc(F)cc1O)N1CCC(C(C)(C)C)CC1. The molecule has 3 heteroatoms. The van der Waals surface area contributed by atoms with E-state index in [4.69, 9.17) is 0 Å². The van der Waals surface area contributed by atoms with E-state index < -0.39 is 0 Å². The van der Waals surface area contributed by atoms with Gasteiger partial charge in [-0.25, -0.2) is 4.39 Å². The Morgan fingerprint density at radius 1 is 1.25 bits per heavy atom. The largest absolute Gasteiger partial charge is 0.508 e. The second-order valence-electron chi connectivity index (χ2n) is 7.06. The maximum Gasteiger partial charge on any atom is 0.126 e. The molecule has 20 heavy (non-hydrogen) atoms. The van der Waals surface area contributed by atoms with Gasteiger partial charge < -0.3 is 5.11 Å². The van der Waals surface area contributed by atoms with Crippen LogP contribution in [0.1, 0.15) is 52.1 Å². The summed E-state index contributed by atoms with van der Waals surface area (Å²) in [7, 11) is 0. The van der Waals surface area contributed by atoms with E-state index in [0.717, 1.165) is 24.6 Å². The fraction of sp³-hybridized carbons (Fsp3) is 0.647. The van der Waals surface area contributed by atoms with E-state index in [2.05, 4.69) is 32.6 Å². The third-order valence-corrected chi connectivity index (χ3v) is 4.74. The van der Waals surface area contributed by atoms with Crippen molar-refractivity contribution in [3.8, 4) is 5.75 Å². The molecule has 0 amide bonds. The molecule has 1 aliphatic heterocycles. The van der Waals surface area contributed by atoms with E-state index >= 15 is 0 Å². The van der Waals surface area contributed by atoms with Crippen molar-refractivity contribution in [3.63, 3.8) is 0 Å². The summed E-state index contributed by atoms with van der Waals surface area (Å²) in [5, 5.41) is 9.91. The van der Waals surface area contributed by atoms with Crippen molar-refractivity contribution >= 4 is 0 Å². The number of aromatic hydroxyl groups is 1. The highest BCUT2D eigenvalue weighted by Crippen LogP contribution is 2.37. The molecule has 2 nitrogen and oxygen atoms in total. The van der Waals surface area contributed by atoms with E-state index in [-0.39, 0.29) is 17.6 Å².